The van der Waals surface area contributed by atoms with E-state index in [4.69, 9.17) is 11.6 Å². The van der Waals surface area contributed by atoms with Crippen LogP contribution in [0.3, 0.4) is 0 Å². The molecule has 3 heterocycles. The Morgan fingerprint density at radius 1 is 1.44 bits per heavy atom. The van der Waals surface area contributed by atoms with Crippen molar-refractivity contribution in [3.8, 4) is 0 Å². The zero-order chi connectivity index (χ0) is 19.9. The van der Waals surface area contributed by atoms with E-state index >= 15 is 0 Å². The van der Waals surface area contributed by atoms with Crippen LogP contribution < -0.4 is 11.2 Å². The number of hydrogen-bond donors (Lipinski definition) is 1. The van der Waals surface area contributed by atoms with Crippen molar-refractivity contribution in [2.45, 2.75) is 23.7 Å². The molecule has 3 aromatic rings. The Kier molecular flexibility index (Phi) is 4.93. The predicted octanol–water partition coefficient (Wildman–Crippen LogP) is 1.36. The zero-order valence-corrected chi connectivity index (χ0v) is 16.0. The SMILES string of the molecule is C/C(Cl)=C/Cn1c(Sc2c([N+](=O)[O-])ncn2C)nc2c1c(=O)[nH]c(=O)n2C. The van der Waals surface area contributed by atoms with Crippen LogP contribution in [0.2, 0.25) is 0 Å². The summed E-state index contributed by atoms with van der Waals surface area (Å²) in [6.07, 6.45) is 2.98. The largest absolute Gasteiger partial charge is 0.396 e. The number of hydrogen-bond acceptors (Lipinski definition) is 7. The molecule has 0 aromatic carbocycles. The summed E-state index contributed by atoms with van der Waals surface area (Å²) in [6.45, 7) is 1.88. The highest BCUT2D eigenvalue weighted by Crippen LogP contribution is 2.34. The number of H-pyrrole nitrogens is 1. The van der Waals surface area contributed by atoms with Gasteiger partial charge in [0.05, 0.1) is 0 Å². The number of rotatable bonds is 5. The van der Waals surface area contributed by atoms with Crippen LogP contribution in [0.4, 0.5) is 5.82 Å². The molecule has 0 aliphatic heterocycles. The van der Waals surface area contributed by atoms with E-state index in [1.54, 1.807) is 24.6 Å². The molecule has 0 saturated heterocycles. The average molecular weight is 412 g/mol. The summed E-state index contributed by atoms with van der Waals surface area (Å²) in [7, 11) is 3.09. The van der Waals surface area contributed by atoms with Gasteiger partial charge in [0.25, 0.3) is 5.56 Å². The van der Waals surface area contributed by atoms with Crippen molar-refractivity contribution in [2.75, 3.05) is 0 Å². The van der Waals surface area contributed by atoms with Gasteiger partial charge in [0, 0.05) is 25.7 Å². The van der Waals surface area contributed by atoms with Crippen LogP contribution in [0.1, 0.15) is 6.92 Å². The van der Waals surface area contributed by atoms with Crippen molar-refractivity contribution in [1.29, 1.82) is 0 Å². The Morgan fingerprint density at radius 3 is 2.78 bits per heavy atom. The Bertz CT molecular complexity index is 1200. The van der Waals surface area contributed by atoms with Gasteiger partial charge in [-0.3, -0.25) is 14.3 Å². The summed E-state index contributed by atoms with van der Waals surface area (Å²) >= 11 is 6.88. The molecule has 0 radical (unpaired) electrons. The standard InChI is InChI=1S/C14H14ClN7O4S/c1-7(15)4-5-21-8-9(20(3)13(24)18-11(8)23)17-14(21)27-12-10(22(25)26)16-6-19(12)2/h4,6H,5H2,1-3H3,(H,18,23,24)/b7-4-. The Labute approximate surface area is 160 Å². The van der Waals surface area contributed by atoms with Crippen molar-refractivity contribution < 1.29 is 4.92 Å². The lowest BCUT2D eigenvalue weighted by atomic mass is 10.4. The van der Waals surface area contributed by atoms with E-state index in [1.165, 1.54) is 22.5 Å². The highest BCUT2D eigenvalue weighted by atomic mass is 35.5. The van der Waals surface area contributed by atoms with Crippen LogP contribution in [0, 0.1) is 10.1 Å². The van der Waals surface area contributed by atoms with Gasteiger partial charge in [-0.2, -0.15) is 0 Å². The summed E-state index contributed by atoms with van der Waals surface area (Å²) in [5.74, 6) is -0.326. The van der Waals surface area contributed by atoms with Gasteiger partial charge in [-0.15, -0.1) is 0 Å². The van der Waals surface area contributed by atoms with Crippen LogP contribution in [0.25, 0.3) is 11.2 Å². The molecule has 0 atom stereocenters. The minimum absolute atomic E-state index is 0.164. The molecule has 0 fully saturated rings. The fraction of sp³-hybridized carbons (Fsp3) is 0.286. The monoisotopic (exact) mass is 411 g/mol. The van der Waals surface area contributed by atoms with Crippen LogP contribution in [-0.2, 0) is 20.6 Å². The van der Waals surface area contributed by atoms with Crippen molar-refractivity contribution in [3.63, 3.8) is 0 Å². The van der Waals surface area contributed by atoms with Gasteiger partial charge >= 0.3 is 11.5 Å². The van der Waals surface area contributed by atoms with Crippen molar-refractivity contribution in [3.05, 3.63) is 48.4 Å². The number of aryl methyl sites for hydroxylation is 2. The van der Waals surface area contributed by atoms with E-state index in [0.717, 1.165) is 11.8 Å². The number of nitrogens with zero attached hydrogens (tertiary/aromatic N) is 6. The summed E-state index contributed by atoms with van der Waals surface area (Å²) in [5, 5.41) is 12.2. The van der Waals surface area contributed by atoms with Crippen LogP contribution in [-0.4, -0.2) is 33.6 Å². The summed E-state index contributed by atoms with van der Waals surface area (Å²) in [5.41, 5.74) is -0.882. The van der Waals surface area contributed by atoms with Crippen molar-refractivity contribution >= 4 is 40.3 Å². The topological polar surface area (TPSA) is 134 Å². The molecule has 3 aromatic heterocycles. The molecule has 0 bridgehead atoms. The van der Waals surface area contributed by atoms with Gasteiger partial charge in [-0.1, -0.05) is 17.7 Å². The van der Waals surface area contributed by atoms with E-state index in [2.05, 4.69) is 15.0 Å². The predicted molar refractivity (Wildman–Crippen MR) is 99.2 cm³/mol. The summed E-state index contributed by atoms with van der Waals surface area (Å²) < 4.78 is 4.23. The lowest BCUT2D eigenvalue weighted by Crippen LogP contribution is -2.29. The third-order valence-electron chi connectivity index (χ3n) is 3.75. The first kappa shape index (κ1) is 18.9. The Morgan fingerprint density at radius 2 is 2.15 bits per heavy atom. The maximum absolute atomic E-state index is 12.4. The van der Waals surface area contributed by atoms with E-state index in [-0.39, 0.29) is 33.7 Å². The van der Waals surface area contributed by atoms with Crippen molar-refractivity contribution in [1.82, 2.24) is 28.7 Å². The van der Waals surface area contributed by atoms with E-state index in [9.17, 15) is 19.7 Å². The number of nitrogens with one attached hydrogen (secondary N) is 1. The highest BCUT2D eigenvalue weighted by molar-refractivity contribution is 7.99. The zero-order valence-electron chi connectivity index (χ0n) is 14.5. The van der Waals surface area contributed by atoms with Gasteiger partial charge in [-0.05, 0) is 28.6 Å². The van der Waals surface area contributed by atoms with E-state index in [1.807, 2.05) is 0 Å². The molecule has 0 saturated carbocycles. The smallest absolute Gasteiger partial charge is 0.358 e. The van der Waals surface area contributed by atoms with E-state index < -0.39 is 16.2 Å². The van der Waals surface area contributed by atoms with Gasteiger partial charge in [0.15, 0.2) is 21.3 Å². The lowest BCUT2D eigenvalue weighted by molar-refractivity contribution is -0.392. The number of halogens is 1. The molecule has 0 aliphatic rings. The van der Waals surface area contributed by atoms with Crippen LogP contribution in [0.5, 0.6) is 0 Å². The fourth-order valence-electron chi connectivity index (χ4n) is 2.41. The second-order valence-electron chi connectivity index (χ2n) is 5.63. The number of nitro groups is 1. The van der Waals surface area contributed by atoms with Crippen LogP contribution in [0.15, 0.2) is 37.2 Å². The highest BCUT2D eigenvalue weighted by Gasteiger charge is 2.25. The van der Waals surface area contributed by atoms with Crippen molar-refractivity contribution in [2.24, 2.45) is 14.1 Å². The molecule has 11 nitrogen and oxygen atoms in total. The van der Waals surface area contributed by atoms with Gasteiger partial charge in [0.1, 0.15) is 0 Å². The van der Waals surface area contributed by atoms with Crippen LogP contribution >= 0.6 is 23.4 Å². The number of allylic oxidation sites excluding steroid dienone is 2. The molecule has 0 unspecified atom stereocenters. The molecule has 1 N–H and O–H groups in total. The summed E-state index contributed by atoms with van der Waals surface area (Å²) in [4.78, 5) is 45.2. The average Bonchev–Trinajstić information content (AvgIpc) is 3.13. The molecular formula is C14H14ClN7O4S. The van der Waals surface area contributed by atoms with E-state index in [0.29, 0.717) is 5.03 Å². The summed E-state index contributed by atoms with van der Waals surface area (Å²) in [6, 6.07) is 0. The molecular weight excluding hydrogens is 398 g/mol. The normalized spacial score (nSPS) is 12.1. The first-order chi connectivity index (χ1) is 12.7. The molecule has 27 heavy (non-hydrogen) atoms. The van der Waals surface area contributed by atoms with Gasteiger partial charge < -0.3 is 19.2 Å². The molecule has 13 heteroatoms. The fourth-order valence-corrected chi connectivity index (χ4v) is 3.47. The maximum Gasteiger partial charge on any atom is 0.396 e. The first-order valence-electron chi connectivity index (χ1n) is 7.56. The molecule has 0 amide bonds. The number of aromatic amines is 1. The Balaban J connectivity index is 2.26. The minimum atomic E-state index is -0.607. The quantitative estimate of drug-likeness (QED) is 0.494. The van der Waals surface area contributed by atoms with Gasteiger partial charge in [0.2, 0.25) is 6.33 Å². The maximum atomic E-state index is 12.4. The Hall–Kier alpha value is -2.86. The second kappa shape index (κ2) is 7.04. The minimum Gasteiger partial charge on any atom is -0.358 e. The van der Waals surface area contributed by atoms with Gasteiger partial charge in [-0.25, -0.2) is 9.78 Å². The number of imidazole rings is 2. The molecule has 142 valence electrons. The second-order valence-corrected chi connectivity index (χ2v) is 7.18. The third kappa shape index (κ3) is 3.40. The molecule has 0 aliphatic carbocycles. The first-order valence-corrected chi connectivity index (χ1v) is 8.75. The number of aromatic nitrogens is 6. The number of fused-ring (bicyclic) bond motifs is 1. The molecule has 3 rings (SSSR count). The third-order valence-corrected chi connectivity index (χ3v) is 5.07. The lowest BCUT2D eigenvalue weighted by Gasteiger charge is -2.06. The molecule has 0 spiro atoms.